The van der Waals surface area contributed by atoms with Gasteiger partial charge in [0.25, 0.3) is 0 Å². The second-order valence-corrected chi connectivity index (χ2v) is 7.23. The molecule has 1 aromatic rings. The van der Waals surface area contributed by atoms with Crippen LogP contribution in [0.1, 0.15) is 44.7 Å². The molecule has 130 valence electrons. The van der Waals surface area contributed by atoms with E-state index in [2.05, 4.69) is 50.4 Å². The molecule has 0 saturated carbocycles. The lowest BCUT2D eigenvalue weighted by atomic mass is 9.79. The first-order valence-corrected chi connectivity index (χ1v) is 8.03. The third-order valence-electron chi connectivity index (χ3n) is 4.60. The van der Waals surface area contributed by atoms with Gasteiger partial charge >= 0.3 is 0 Å². The number of halogens is 1. The number of hydrogen-bond donors (Lipinski definition) is 2. The standard InChI is InChI=1S/C18H28N2O2.ClH/c1-17(2,3)15-6-4-14(5-7-15)12-20-16(21)18(13-19)8-10-22-11-9-18;/h4-7H,8-13,19H2,1-3H3,(H,20,21);1H. The van der Waals surface area contributed by atoms with Crippen LogP contribution in [0.2, 0.25) is 0 Å². The summed E-state index contributed by atoms with van der Waals surface area (Å²) in [7, 11) is 0. The minimum atomic E-state index is -0.455. The molecule has 5 heteroatoms. The lowest BCUT2D eigenvalue weighted by Gasteiger charge is -2.34. The number of nitrogens with one attached hydrogen (secondary N) is 1. The van der Waals surface area contributed by atoms with Crippen molar-refractivity contribution in [2.24, 2.45) is 11.1 Å². The van der Waals surface area contributed by atoms with Crippen LogP contribution in [0.5, 0.6) is 0 Å². The van der Waals surface area contributed by atoms with Crippen LogP contribution in [-0.2, 0) is 21.5 Å². The van der Waals surface area contributed by atoms with Crippen LogP contribution in [0.25, 0.3) is 0 Å². The second kappa shape index (κ2) is 8.13. The zero-order chi connectivity index (χ0) is 16.2. The highest BCUT2D eigenvalue weighted by atomic mass is 35.5. The van der Waals surface area contributed by atoms with E-state index < -0.39 is 5.41 Å². The molecule has 1 aromatic carbocycles. The van der Waals surface area contributed by atoms with Crippen LogP contribution in [0.3, 0.4) is 0 Å². The van der Waals surface area contributed by atoms with E-state index in [1.54, 1.807) is 0 Å². The molecule has 2 rings (SSSR count). The Balaban J connectivity index is 0.00000264. The van der Waals surface area contributed by atoms with Gasteiger partial charge in [0.15, 0.2) is 0 Å². The summed E-state index contributed by atoms with van der Waals surface area (Å²) in [5.74, 6) is 0.0539. The van der Waals surface area contributed by atoms with E-state index in [-0.39, 0.29) is 23.7 Å². The van der Waals surface area contributed by atoms with E-state index >= 15 is 0 Å². The SMILES string of the molecule is CC(C)(C)c1ccc(CNC(=O)C2(CN)CCOCC2)cc1.Cl. The summed E-state index contributed by atoms with van der Waals surface area (Å²) < 4.78 is 5.35. The van der Waals surface area contributed by atoms with Crippen molar-refractivity contribution in [3.05, 3.63) is 35.4 Å². The van der Waals surface area contributed by atoms with Crippen LogP contribution in [0.4, 0.5) is 0 Å². The van der Waals surface area contributed by atoms with E-state index in [0.29, 0.717) is 39.1 Å². The van der Waals surface area contributed by atoms with E-state index in [1.807, 2.05) is 0 Å². The van der Waals surface area contributed by atoms with Gasteiger partial charge in [-0.1, -0.05) is 45.0 Å². The van der Waals surface area contributed by atoms with Crippen LogP contribution < -0.4 is 11.1 Å². The Bertz CT molecular complexity index is 503. The monoisotopic (exact) mass is 340 g/mol. The van der Waals surface area contributed by atoms with Gasteiger partial charge in [-0.2, -0.15) is 0 Å². The van der Waals surface area contributed by atoms with Crippen molar-refractivity contribution in [3.8, 4) is 0 Å². The number of carbonyl (C=O) groups excluding carboxylic acids is 1. The maximum Gasteiger partial charge on any atom is 0.227 e. The van der Waals surface area contributed by atoms with Gasteiger partial charge in [0, 0.05) is 26.3 Å². The summed E-state index contributed by atoms with van der Waals surface area (Å²) in [5, 5.41) is 3.04. The lowest BCUT2D eigenvalue weighted by molar-refractivity contribution is -0.136. The minimum absolute atomic E-state index is 0. The smallest absolute Gasteiger partial charge is 0.227 e. The molecule has 0 unspecified atom stereocenters. The first-order valence-electron chi connectivity index (χ1n) is 8.03. The molecule has 0 spiro atoms. The number of hydrogen-bond acceptors (Lipinski definition) is 3. The van der Waals surface area contributed by atoms with Gasteiger partial charge in [0.2, 0.25) is 5.91 Å². The average Bonchev–Trinajstić information content (AvgIpc) is 2.52. The lowest BCUT2D eigenvalue weighted by Crippen LogP contribution is -2.48. The Morgan fingerprint density at radius 2 is 1.78 bits per heavy atom. The molecule has 1 aliphatic heterocycles. The molecule has 1 heterocycles. The average molecular weight is 341 g/mol. The minimum Gasteiger partial charge on any atom is -0.381 e. The normalized spacial score (nSPS) is 17.2. The maximum absolute atomic E-state index is 12.5. The quantitative estimate of drug-likeness (QED) is 0.885. The fraction of sp³-hybridized carbons (Fsp3) is 0.611. The molecule has 1 fully saturated rings. The van der Waals surface area contributed by atoms with Crippen LogP contribution in [0.15, 0.2) is 24.3 Å². The summed E-state index contributed by atoms with van der Waals surface area (Å²) >= 11 is 0. The summed E-state index contributed by atoms with van der Waals surface area (Å²) in [5.41, 5.74) is 7.96. The van der Waals surface area contributed by atoms with Gasteiger partial charge < -0.3 is 15.8 Å². The van der Waals surface area contributed by atoms with Crippen molar-refractivity contribution in [3.63, 3.8) is 0 Å². The van der Waals surface area contributed by atoms with Crippen molar-refractivity contribution in [1.29, 1.82) is 0 Å². The fourth-order valence-electron chi connectivity index (χ4n) is 2.78. The Labute approximate surface area is 145 Å². The summed E-state index contributed by atoms with van der Waals surface area (Å²) in [6, 6.07) is 8.43. The zero-order valence-corrected chi connectivity index (χ0v) is 15.2. The Hall–Kier alpha value is -1.10. The topological polar surface area (TPSA) is 64.4 Å². The molecule has 0 atom stereocenters. The van der Waals surface area contributed by atoms with Crippen molar-refractivity contribution < 1.29 is 9.53 Å². The van der Waals surface area contributed by atoms with Crippen molar-refractivity contribution in [2.75, 3.05) is 19.8 Å². The van der Waals surface area contributed by atoms with Gasteiger partial charge in [0.05, 0.1) is 5.41 Å². The second-order valence-electron chi connectivity index (χ2n) is 7.23. The molecule has 0 aliphatic carbocycles. The zero-order valence-electron chi connectivity index (χ0n) is 14.4. The molecule has 0 aromatic heterocycles. The Morgan fingerprint density at radius 1 is 1.22 bits per heavy atom. The van der Waals surface area contributed by atoms with Crippen molar-refractivity contribution >= 4 is 18.3 Å². The Kier molecular flexibility index (Phi) is 7.05. The molecule has 23 heavy (non-hydrogen) atoms. The molecule has 1 amide bonds. The number of benzene rings is 1. The molecular weight excluding hydrogens is 312 g/mol. The first-order chi connectivity index (χ1) is 10.4. The van der Waals surface area contributed by atoms with Gasteiger partial charge in [-0.3, -0.25) is 4.79 Å². The first kappa shape index (κ1) is 19.9. The van der Waals surface area contributed by atoms with Gasteiger partial charge in [-0.05, 0) is 29.4 Å². The van der Waals surface area contributed by atoms with Crippen molar-refractivity contribution in [2.45, 2.75) is 45.6 Å². The number of amides is 1. The maximum atomic E-state index is 12.5. The summed E-state index contributed by atoms with van der Waals surface area (Å²) in [4.78, 5) is 12.5. The highest BCUT2D eigenvalue weighted by Crippen LogP contribution is 2.29. The van der Waals surface area contributed by atoms with E-state index in [1.165, 1.54) is 5.56 Å². The van der Waals surface area contributed by atoms with E-state index in [9.17, 15) is 4.79 Å². The van der Waals surface area contributed by atoms with Crippen LogP contribution in [-0.4, -0.2) is 25.7 Å². The number of nitrogens with two attached hydrogens (primary N) is 1. The number of ether oxygens (including phenoxy) is 1. The van der Waals surface area contributed by atoms with Crippen LogP contribution >= 0.6 is 12.4 Å². The molecule has 0 radical (unpaired) electrons. The third-order valence-corrected chi connectivity index (χ3v) is 4.60. The predicted octanol–water partition coefficient (Wildman–Crippen LogP) is 2.78. The largest absolute Gasteiger partial charge is 0.381 e. The highest BCUT2D eigenvalue weighted by molar-refractivity contribution is 5.85. The van der Waals surface area contributed by atoms with Crippen LogP contribution in [0, 0.1) is 5.41 Å². The van der Waals surface area contributed by atoms with E-state index in [0.717, 1.165) is 5.56 Å². The molecule has 0 bridgehead atoms. The number of rotatable bonds is 4. The van der Waals surface area contributed by atoms with Gasteiger partial charge in [-0.25, -0.2) is 0 Å². The summed E-state index contributed by atoms with van der Waals surface area (Å²) in [6.07, 6.45) is 1.41. The highest BCUT2D eigenvalue weighted by Gasteiger charge is 2.38. The predicted molar refractivity (Wildman–Crippen MR) is 95.8 cm³/mol. The van der Waals surface area contributed by atoms with Gasteiger partial charge in [0.1, 0.15) is 0 Å². The van der Waals surface area contributed by atoms with Gasteiger partial charge in [-0.15, -0.1) is 12.4 Å². The molecular formula is C18H29ClN2O2. The van der Waals surface area contributed by atoms with E-state index in [4.69, 9.17) is 10.5 Å². The Morgan fingerprint density at radius 3 is 2.26 bits per heavy atom. The summed E-state index contributed by atoms with van der Waals surface area (Å²) in [6.45, 7) is 8.74. The molecule has 1 aliphatic rings. The molecule has 3 N–H and O–H groups in total. The molecule has 1 saturated heterocycles. The van der Waals surface area contributed by atoms with Crippen molar-refractivity contribution in [1.82, 2.24) is 5.32 Å². The fourth-order valence-corrected chi connectivity index (χ4v) is 2.78. The third kappa shape index (κ3) is 4.93. The number of carbonyl (C=O) groups is 1. The molecule has 4 nitrogen and oxygen atoms in total.